The van der Waals surface area contributed by atoms with E-state index in [1.807, 2.05) is 19.9 Å². The zero-order valence-corrected chi connectivity index (χ0v) is 18.5. The van der Waals surface area contributed by atoms with Crippen LogP contribution in [0.15, 0.2) is 42.5 Å². The zero-order chi connectivity index (χ0) is 23.9. The SMILES string of the molecule is CC(C)c1ccc(O)c(C(C)(C)CC(O)(Cc2[nH]c3ccccc3c2C#N)C(F)(F)F)c1. The number of H-pyrrole nitrogens is 1. The highest BCUT2D eigenvalue weighted by molar-refractivity contribution is 5.87. The van der Waals surface area contributed by atoms with Crippen molar-refractivity contribution in [2.75, 3.05) is 0 Å². The van der Waals surface area contributed by atoms with E-state index in [0.29, 0.717) is 16.5 Å². The van der Waals surface area contributed by atoms with Crippen LogP contribution >= 0.6 is 0 Å². The number of rotatable bonds is 6. The van der Waals surface area contributed by atoms with Gasteiger partial charge in [-0.2, -0.15) is 18.4 Å². The lowest BCUT2D eigenvalue weighted by molar-refractivity contribution is -0.266. The molecule has 0 spiro atoms. The average Bonchev–Trinajstić information content (AvgIpc) is 3.03. The molecule has 0 radical (unpaired) electrons. The summed E-state index contributed by atoms with van der Waals surface area (Å²) in [4.78, 5) is 2.87. The van der Waals surface area contributed by atoms with Crippen molar-refractivity contribution in [1.82, 2.24) is 4.98 Å². The first-order valence-electron chi connectivity index (χ1n) is 10.4. The fourth-order valence-corrected chi connectivity index (χ4v) is 4.29. The summed E-state index contributed by atoms with van der Waals surface area (Å²) >= 11 is 0. The maximum atomic E-state index is 14.2. The number of phenols is 1. The van der Waals surface area contributed by atoms with Crippen LogP contribution in [0.3, 0.4) is 0 Å². The summed E-state index contributed by atoms with van der Waals surface area (Å²) in [6, 6.07) is 13.6. The van der Waals surface area contributed by atoms with Crippen molar-refractivity contribution in [3.8, 4) is 11.8 Å². The van der Waals surface area contributed by atoms with E-state index in [1.165, 1.54) is 6.07 Å². The maximum Gasteiger partial charge on any atom is 0.417 e. The van der Waals surface area contributed by atoms with Gasteiger partial charge in [-0.15, -0.1) is 0 Å². The summed E-state index contributed by atoms with van der Waals surface area (Å²) in [5, 5.41) is 31.5. The number of alkyl halides is 3. The zero-order valence-electron chi connectivity index (χ0n) is 18.5. The monoisotopic (exact) mass is 444 g/mol. The molecule has 0 saturated heterocycles. The van der Waals surface area contributed by atoms with Crippen LogP contribution in [0.2, 0.25) is 0 Å². The maximum absolute atomic E-state index is 14.2. The minimum absolute atomic E-state index is 0.0319. The third-order valence-corrected chi connectivity index (χ3v) is 6.04. The molecule has 4 nitrogen and oxygen atoms in total. The Kier molecular flexibility index (Phi) is 6.05. The van der Waals surface area contributed by atoms with Crippen LogP contribution in [-0.4, -0.2) is 27.0 Å². The van der Waals surface area contributed by atoms with E-state index in [1.54, 1.807) is 50.2 Å². The molecule has 1 atom stereocenters. The molecule has 0 fully saturated rings. The molecule has 32 heavy (non-hydrogen) atoms. The Morgan fingerprint density at radius 1 is 1.09 bits per heavy atom. The van der Waals surface area contributed by atoms with Crippen LogP contribution < -0.4 is 0 Å². The highest BCUT2D eigenvalue weighted by Crippen LogP contribution is 2.45. The summed E-state index contributed by atoms with van der Waals surface area (Å²) in [6.07, 6.45) is -6.46. The van der Waals surface area contributed by atoms with E-state index in [-0.39, 0.29) is 22.9 Å². The molecular weight excluding hydrogens is 417 g/mol. The molecule has 1 heterocycles. The lowest BCUT2D eigenvalue weighted by Gasteiger charge is -2.38. The molecule has 170 valence electrons. The molecule has 0 aliphatic rings. The number of fused-ring (bicyclic) bond motifs is 1. The standard InChI is InChI=1S/C25H27F3N2O2/c1-15(2)16-9-10-22(31)19(11-16)23(3,4)14-24(32,25(26,27)28)12-21-18(13-29)17-7-5-6-8-20(17)30-21/h5-11,15,30-32H,12,14H2,1-4H3. The van der Waals surface area contributed by atoms with Crippen molar-refractivity contribution in [3.05, 3.63) is 64.8 Å². The van der Waals surface area contributed by atoms with Gasteiger partial charge in [0.1, 0.15) is 11.8 Å². The summed E-state index contributed by atoms with van der Waals surface area (Å²) in [5.74, 6) is 0.00318. The topological polar surface area (TPSA) is 80.0 Å². The number of para-hydroxylation sites is 1. The van der Waals surface area contributed by atoms with Gasteiger partial charge in [-0.1, -0.05) is 58.0 Å². The second kappa shape index (κ2) is 8.18. The van der Waals surface area contributed by atoms with Crippen molar-refractivity contribution in [1.29, 1.82) is 5.26 Å². The number of nitriles is 1. The van der Waals surface area contributed by atoms with Crippen LogP contribution in [0.1, 0.15) is 62.4 Å². The van der Waals surface area contributed by atoms with Crippen LogP contribution in [0.25, 0.3) is 10.9 Å². The van der Waals surface area contributed by atoms with Crippen molar-refractivity contribution in [3.63, 3.8) is 0 Å². The van der Waals surface area contributed by atoms with E-state index in [9.17, 15) is 28.6 Å². The summed E-state index contributed by atoms with van der Waals surface area (Å²) in [6.45, 7) is 7.04. The molecule has 1 aromatic heterocycles. The number of aliphatic hydroxyl groups is 1. The minimum Gasteiger partial charge on any atom is -0.508 e. The van der Waals surface area contributed by atoms with Crippen LogP contribution in [-0.2, 0) is 11.8 Å². The molecule has 3 N–H and O–H groups in total. The highest BCUT2D eigenvalue weighted by Gasteiger charge is 2.56. The highest BCUT2D eigenvalue weighted by atomic mass is 19.4. The number of hydrogen-bond acceptors (Lipinski definition) is 3. The van der Waals surface area contributed by atoms with E-state index in [2.05, 4.69) is 4.98 Å². The molecule has 0 bridgehead atoms. The molecule has 0 amide bonds. The third kappa shape index (κ3) is 4.33. The van der Waals surface area contributed by atoms with Gasteiger partial charge in [0.25, 0.3) is 0 Å². The van der Waals surface area contributed by atoms with Gasteiger partial charge in [-0.05, 0) is 41.0 Å². The van der Waals surface area contributed by atoms with Gasteiger partial charge >= 0.3 is 6.18 Å². The normalized spacial score (nSPS) is 14.5. The number of aromatic nitrogens is 1. The van der Waals surface area contributed by atoms with Gasteiger partial charge in [0, 0.05) is 23.0 Å². The molecule has 0 aliphatic heterocycles. The first kappa shape index (κ1) is 23.7. The van der Waals surface area contributed by atoms with E-state index in [4.69, 9.17) is 0 Å². The smallest absolute Gasteiger partial charge is 0.417 e. The molecule has 1 unspecified atom stereocenters. The minimum atomic E-state index is -4.96. The van der Waals surface area contributed by atoms with Crippen LogP contribution in [0.5, 0.6) is 5.75 Å². The molecular formula is C25H27F3N2O2. The van der Waals surface area contributed by atoms with Crippen molar-refractivity contribution >= 4 is 10.9 Å². The van der Waals surface area contributed by atoms with Gasteiger partial charge in [-0.25, -0.2) is 0 Å². The molecule has 0 saturated carbocycles. The lowest BCUT2D eigenvalue weighted by Crippen LogP contribution is -2.51. The van der Waals surface area contributed by atoms with Crippen LogP contribution in [0.4, 0.5) is 13.2 Å². The summed E-state index contributed by atoms with van der Waals surface area (Å²) < 4.78 is 42.7. The van der Waals surface area contributed by atoms with Gasteiger partial charge in [0.15, 0.2) is 5.60 Å². The molecule has 3 aromatic rings. The number of nitrogens with one attached hydrogen (secondary N) is 1. The van der Waals surface area contributed by atoms with E-state index in [0.717, 1.165) is 5.56 Å². The number of phenolic OH excluding ortho intramolecular Hbond substituents is 1. The van der Waals surface area contributed by atoms with Crippen molar-refractivity contribution < 1.29 is 23.4 Å². The largest absolute Gasteiger partial charge is 0.508 e. The molecule has 7 heteroatoms. The van der Waals surface area contributed by atoms with E-state index < -0.39 is 30.0 Å². The van der Waals surface area contributed by atoms with E-state index >= 15 is 0 Å². The van der Waals surface area contributed by atoms with Gasteiger partial charge in [-0.3, -0.25) is 0 Å². The Balaban J connectivity index is 2.06. The predicted octanol–water partition coefficient (Wildman–Crippen LogP) is 6.07. The number of halogens is 3. The number of aromatic amines is 1. The first-order chi connectivity index (χ1) is 14.8. The molecule has 3 rings (SSSR count). The summed E-state index contributed by atoms with van der Waals surface area (Å²) in [5.41, 5.74) is -2.46. The second-order valence-electron chi connectivity index (χ2n) is 9.33. The second-order valence-corrected chi connectivity index (χ2v) is 9.33. The fourth-order valence-electron chi connectivity index (χ4n) is 4.29. The Hall–Kier alpha value is -2.98. The average molecular weight is 444 g/mol. The third-order valence-electron chi connectivity index (χ3n) is 6.04. The Bertz CT molecular complexity index is 1170. The van der Waals surface area contributed by atoms with Crippen molar-refractivity contribution in [2.24, 2.45) is 0 Å². The fraction of sp³-hybridized carbons (Fsp3) is 0.400. The van der Waals surface area contributed by atoms with Gasteiger partial charge in [0.05, 0.1) is 5.56 Å². The number of nitrogens with zero attached hydrogens (tertiary/aromatic N) is 1. The Labute approximate surface area is 185 Å². The van der Waals surface area contributed by atoms with Crippen molar-refractivity contribution in [2.45, 2.75) is 63.6 Å². The predicted molar refractivity (Wildman–Crippen MR) is 118 cm³/mol. The summed E-state index contributed by atoms with van der Waals surface area (Å²) in [7, 11) is 0. The quantitative estimate of drug-likeness (QED) is 0.432. The molecule has 2 aromatic carbocycles. The number of benzene rings is 2. The number of hydrogen-bond donors (Lipinski definition) is 3. The number of aromatic hydroxyl groups is 1. The Morgan fingerprint density at radius 3 is 2.34 bits per heavy atom. The van der Waals surface area contributed by atoms with Gasteiger partial charge in [0.2, 0.25) is 0 Å². The first-order valence-corrected chi connectivity index (χ1v) is 10.4. The van der Waals surface area contributed by atoms with Gasteiger partial charge < -0.3 is 15.2 Å². The van der Waals surface area contributed by atoms with Crippen LogP contribution in [0, 0.1) is 11.3 Å². The Morgan fingerprint density at radius 2 is 1.75 bits per heavy atom. The molecule has 0 aliphatic carbocycles. The lowest BCUT2D eigenvalue weighted by atomic mass is 9.72.